The van der Waals surface area contributed by atoms with Crippen molar-refractivity contribution in [3.8, 4) is 5.88 Å². The molecule has 0 saturated carbocycles. The Morgan fingerprint density at radius 1 is 1.29 bits per heavy atom. The molecule has 17 heavy (non-hydrogen) atoms. The van der Waals surface area contributed by atoms with E-state index in [1.807, 2.05) is 6.92 Å². The van der Waals surface area contributed by atoms with E-state index < -0.39 is 0 Å². The fourth-order valence-corrected chi connectivity index (χ4v) is 1.70. The summed E-state index contributed by atoms with van der Waals surface area (Å²) in [5, 5.41) is 3.38. The minimum atomic E-state index is 0.0959. The van der Waals surface area contributed by atoms with Crippen LogP contribution in [0, 0.1) is 0 Å². The van der Waals surface area contributed by atoms with Gasteiger partial charge in [-0.15, -0.1) is 0 Å². The predicted molar refractivity (Wildman–Crippen MR) is 66.1 cm³/mol. The second-order valence-electron chi connectivity index (χ2n) is 3.84. The van der Waals surface area contributed by atoms with Crippen molar-refractivity contribution < 1.29 is 9.47 Å². The monoisotopic (exact) mass is 239 g/mol. The van der Waals surface area contributed by atoms with Crippen LogP contribution in [0.4, 0.5) is 0 Å². The number of nitrogens with one attached hydrogen (secondary N) is 1. The first-order valence-electron chi connectivity index (χ1n) is 5.84. The number of rotatable bonds is 7. The maximum atomic E-state index is 5.29. The van der Waals surface area contributed by atoms with Gasteiger partial charge in [0.15, 0.2) is 0 Å². The van der Waals surface area contributed by atoms with E-state index in [-0.39, 0.29) is 12.1 Å². The standard InChI is InChI=1S/C12H21N3O2/c1-5-13-10(8-9(2)16-3)11-12(17-4)15-7-6-14-11/h6-7,9-10,13H,5,8H2,1-4H3. The summed E-state index contributed by atoms with van der Waals surface area (Å²) in [4.78, 5) is 8.52. The molecule has 1 N–H and O–H groups in total. The van der Waals surface area contributed by atoms with Crippen molar-refractivity contribution in [3.05, 3.63) is 18.1 Å². The first kappa shape index (κ1) is 13.9. The number of hydrogen-bond donors (Lipinski definition) is 1. The van der Waals surface area contributed by atoms with Crippen molar-refractivity contribution in [2.75, 3.05) is 20.8 Å². The lowest BCUT2D eigenvalue weighted by Gasteiger charge is -2.21. The van der Waals surface area contributed by atoms with Gasteiger partial charge in [-0.2, -0.15) is 0 Å². The quantitative estimate of drug-likeness (QED) is 0.782. The molecule has 1 rings (SSSR count). The molecule has 0 radical (unpaired) electrons. The van der Waals surface area contributed by atoms with Crippen LogP contribution in [0.15, 0.2) is 12.4 Å². The molecule has 0 bridgehead atoms. The summed E-state index contributed by atoms with van der Waals surface area (Å²) in [7, 11) is 3.32. The van der Waals surface area contributed by atoms with Crippen molar-refractivity contribution >= 4 is 0 Å². The number of ether oxygens (including phenoxy) is 2. The minimum absolute atomic E-state index is 0.0959. The molecule has 2 unspecified atom stereocenters. The molecule has 0 aromatic carbocycles. The Labute approximate surface area is 103 Å². The molecule has 1 aromatic rings. The van der Waals surface area contributed by atoms with E-state index in [1.54, 1.807) is 26.6 Å². The SMILES string of the molecule is CCNC(CC(C)OC)c1nccnc1OC. The van der Waals surface area contributed by atoms with Crippen LogP contribution in [0.1, 0.15) is 32.0 Å². The van der Waals surface area contributed by atoms with Crippen LogP contribution in [-0.2, 0) is 4.74 Å². The fourth-order valence-electron chi connectivity index (χ4n) is 1.70. The molecule has 0 aliphatic heterocycles. The van der Waals surface area contributed by atoms with Gasteiger partial charge in [0.25, 0.3) is 0 Å². The number of methoxy groups -OCH3 is 2. The molecule has 96 valence electrons. The lowest BCUT2D eigenvalue weighted by atomic mass is 10.1. The summed E-state index contributed by atoms with van der Waals surface area (Å²) in [5.41, 5.74) is 0.834. The van der Waals surface area contributed by atoms with Gasteiger partial charge >= 0.3 is 0 Å². The Balaban J connectivity index is 2.88. The zero-order valence-electron chi connectivity index (χ0n) is 10.9. The first-order chi connectivity index (χ1) is 8.22. The second kappa shape index (κ2) is 7.19. The largest absolute Gasteiger partial charge is 0.480 e. The van der Waals surface area contributed by atoms with Crippen molar-refractivity contribution in [3.63, 3.8) is 0 Å². The summed E-state index contributed by atoms with van der Waals surface area (Å²) >= 11 is 0. The van der Waals surface area contributed by atoms with E-state index in [0.29, 0.717) is 5.88 Å². The van der Waals surface area contributed by atoms with Crippen LogP contribution >= 0.6 is 0 Å². The average molecular weight is 239 g/mol. The Morgan fingerprint density at radius 3 is 2.59 bits per heavy atom. The molecule has 0 saturated heterocycles. The molecule has 5 heteroatoms. The smallest absolute Gasteiger partial charge is 0.236 e. The fraction of sp³-hybridized carbons (Fsp3) is 0.667. The summed E-state index contributed by atoms with van der Waals surface area (Å²) < 4.78 is 10.5. The summed E-state index contributed by atoms with van der Waals surface area (Å²) in [6.45, 7) is 4.96. The molecule has 0 amide bonds. The number of nitrogens with zero attached hydrogens (tertiary/aromatic N) is 2. The van der Waals surface area contributed by atoms with Crippen molar-refractivity contribution in [1.29, 1.82) is 0 Å². The molecule has 2 atom stereocenters. The third-order valence-corrected chi connectivity index (χ3v) is 2.64. The van der Waals surface area contributed by atoms with Gasteiger partial charge in [0.05, 0.1) is 19.3 Å². The van der Waals surface area contributed by atoms with Gasteiger partial charge in [0, 0.05) is 19.5 Å². The van der Waals surface area contributed by atoms with Gasteiger partial charge in [0.2, 0.25) is 5.88 Å². The van der Waals surface area contributed by atoms with E-state index in [2.05, 4.69) is 22.2 Å². The third-order valence-electron chi connectivity index (χ3n) is 2.64. The molecule has 1 heterocycles. The highest BCUT2D eigenvalue weighted by Crippen LogP contribution is 2.24. The van der Waals surface area contributed by atoms with Crippen LogP contribution in [-0.4, -0.2) is 36.8 Å². The van der Waals surface area contributed by atoms with Crippen molar-refractivity contribution in [2.45, 2.75) is 32.4 Å². The van der Waals surface area contributed by atoms with Crippen LogP contribution in [0.5, 0.6) is 5.88 Å². The Morgan fingerprint density at radius 2 is 2.00 bits per heavy atom. The normalized spacial score (nSPS) is 14.4. The third kappa shape index (κ3) is 3.94. The highest BCUT2D eigenvalue weighted by Gasteiger charge is 2.20. The summed E-state index contributed by atoms with van der Waals surface area (Å²) in [5.74, 6) is 0.571. The zero-order valence-corrected chi connectivity index (χ0v) is 10.9. The molecule has 0 fully saturated rings. The summed E-state index contributed by atoms with van der Waals surface area (Å²) in [6.07, 6.45) is 4.30. The average Bonchev–Trinajstić information content (AvgIpc) is 2.38. The van der Waals surface area contributed by atoms with Gasteiger partial charge < -0.3 is 14.8 Å². The lowest BCUT2D eigenvalue weighted by Crippen LogP contribution is -2.26. The van der Waals surface area contributed by atoms with E-state index in [0.717, 1.165) is 18.7 Å². The lowest BCUT2D eigenvalue weighted by molar-refractivity contribution is 0.0996. The van der Waals surface area contributed by atoms with Crippen LogP contribution in [0.2, 0.25) is 0 Å². The van der Waals surface area contributed by atoms with E-state index >= 15 is 0 Å². The zero-order chi connectivity index (χ0) is 12.7. The Kier molecular flexibility index (Phi) is 5.86. The summed E-state index contributed by atoms with van der Waals surface area (Å²) in [6, 6.07) is 0.0959. The van der Waals surface area contributed by atoms with Crippen LogP contribution in [0.25, 0.3) is 0 Å². The molecule has 1 aromatic heterocycles. The van der Waals surface area contributed by atoms with Crippen molar-refractivity contribution in [1.82, 2.24) is 15.3 Å². The maximum absolute atomic E-state index is 5.29. The minimum Gasteiger partial charge on any atom is -0.480 e. The molecule has 0 spiro atoms. The van der Waals surface area contributed by atoms with Gasteiger partial charge in [-0.25, -0.2) is 4.98 Å². The van der Waals surface area contributed by atoms with Crippen molar-refractivity contribution in [2.24, 2.45) is 0 Å². The Hall–Kier alpha value is -1.20. The van der Waals surface area contributed by atoms with E-state index in [9.17, 15) is 0 Å². The topological polar surface area (TPSA) is 56.3 Å². The molecular weight excluding hydrogens is 218 g/mol. The van der Waals surface area contributed by atoms with Gasteiger partial charge in [-0.05, 0) is 19.9 Å². The second-order valence-corrected chi connectivity index (χ2v) is 3.84. The molecular formula is C12H21N3O2. The highest BCUT2D eigenvalue weighted by molar-refractivity contribution is 5.21. The molecule has 5 nitrogen and oxygen atoms in total. The van der Waals surface area contributed by atoms with Gasteiger partial charge in [-0.3, -0.25) is 4.98 Å². The van der Waals surface area contributed by atoms with E-state index in [4.69, 9.17) is 9.47 Å². The van der Waals surface area contributed by atoms with Crippen LogP contribution < -0.4 is 10.1 Å². The Bertz CT molecular complexity index is 333. The van der Waals surface area contributed by atoms with Gasteiger partial charge in [-0.1, -0.05) is 6.92 Å². The number of aromatic nitrogens is 2. The van der Waals surface area contributed by atoms with Crippen LogP contribution in [0.3, 0.4) is 0 Å². The van der Waals surface area contributed by atoms with E-state index in [1.165, 1.54) is 0 Å². The maximum Gasteiger partial charge on any atom is 0.236 e. The highest BCUT2D eigenvalue weighted by atomic mass is 16.5. The molecule has 0 aliphatic carbocycles. The predicted octanol–water partition coefficient (Wildman–Crippen LogP) is 1.56. The molecule has 0 aliphatic rings. The van der Waals surface area contributed by atoms with Gasteiger partial charge in [0.1, 0.15) is 5.69 Å². The first-order valence-corrected chi connectivity index (χ1v) is 5.84. The number of hydrogen-bond acceptors (Lipinski definition) is 5.